The van der Waals surface area contributed by atoms with E-state index in [-0.39, 0.29) is 0 Å². The number of aryl methyl sites for hydroxylation is 3. The van der Waals surface area contributed by atoms with Crippen molar-refractivity contribution in [3.8, 4) is 0 Å². The van der Waals surface area contributed by atoms with Gasteiger partial charge >= 0.3 is 0 Å². The van der Waals surface area contributed by atoms with E-state index in [4.69, 9.17) is 5.73 Å². The predicted molar refractivity (Wildman–Crippen MR) is 82.9 cm³/mol. The molecule has 0 aliphatic heterocycles. The first kappa shape index (κ1) is 14.7. The minimum absolute atomic E-state index is 0.712. The summed E-state index contributed by atoms with van der Waals surface area (Å²) in [6.07, 6.45) is 2.76. The number of hydrogen-bond acceptors (Lipinski definition) is 3. The lowest BCUT2D eigenvalue weighted by atomic mass is 10.0. The molecule has 0 aliphatic carbocycles. The van der Waals surface area contributed by atoms with Crippen molar-refractivity contribution in [2.75, 3.05) is 6.54 Å². The normalized spacial score (nSPS) is 10.8. The summed E-state index contributed by atoms with van der Waals surface area (Å²) < 4.78 is 0. The molecule has 0 atom stereocenters. The third-order valence-electron chi connectivity index (χ3n) is 3.71. The minimum Gasteiger partial charge on any atom is -0.330 e. The van der Waals surface area contributed by atoms with E-state index in [1.807, 2.05) is 0 Å². The van der Waals surface area contributed by atoms with Gasteiger partial charge in [-0.25, -0.2) is 9.97 Å². The van der Waals surface area contributed by atoms with Crippen LogP contribution in [0, 0.1) is 20.8 Å². The van der Waals surface area contributed by atoms with E-state index in [9.17, 15) is 0 Å². The van der Waals surface area contributed by atoms with E-state index in [1.54, 1.807) is 0 Å². The number of hydrogen-bond donors (Lipinski definition) is 1. The zero-order chi connectivity index (χ0) is 14.5. The first-order chi connectivity index (χ1) is 9.61. The average Bonchev–Trinajstić information content (AvgIpc) is 2.41. The number of benzene rings is 1. The standard InChI is InChI=1S/C17H23N3/c1-12-7-4-5-8-15(12)11-17-19-13(2)16(9-6-10-18)14(3)20-17/h4-5,7-8H,6,9-11,18H2,1-3H3. The van der Waals surface area contributed by atoms with Crippen LogP contribution in [-0.4, -0.2) is 16.5 Å². The molecule has 0 aliphatic rings. The molecule has 106 valence electrons. The summed E-state index contributed by atoms with van der Waals surface area (Å²) in [5.41, 5.74) is 11.6. The van der Waals surface area contributed by atoms with E-state index in [0.29, 0.717) is 6.54 Å². The van der Waals surface area contributed by atoms with Crippen LogP contribution in [0.15, 0.2) is 24.3 Å². The molecule has 0 saturated carbocycles. The fraction of sp³-hybridized carbons (Fsp3) is 0.412. The third-order valence-corrected chi connectivity index (χ3v) is 3.71. The van der Waals surface area contributed by atoms with Crippen molar-refractivity contribution in [1.82, 2.24) is 9.97 Å². The van der Waals surface area contributed by atoms with Crippen molar-refractivity contribution in [3.05, 3.63) is 58.2 Å². The van der Waals surface area contributed by atoms with Gasteiger partial charge in [-0.2, -0.15) is 0 Å². The highest BCUT2D eigenvalue weighted by Gasteiger charge is 2.09. The molecule has 1 heterocycles. The zero-order valence-corrected chi connectivity index (χ0v) is 12.6. The Bertz CT molecular complexity index is 568. The van der Waals surface area contributed by atoms with E-state index >= 15 is 0 Å². The van der Waals surface area contributed by atoms with Gasteiger partial charge in [-0.3, -0.25) is 0 Å². The molecule has 2 rings (SSSR count). The molecule has 0 amide bonds. The van der Waals surface area contributed by atoms with Crippen molar-refractivity contribution >= 4 is 0 Å². The summed E-state index contributed by atoms with van der Waals surface area (Å²) in [7, 11) is 0. The highest BCUT2D eigenvalue weighted by molar-refractivity contribution is 5.30. The van der Waals surface area contributed by atoms with Gasteiger partial charge in [0.15, 0.2) is 0 Å². The van der Waals surface area contributed by atoms with Crippen LogP contribution in [0.5, 0.6) is 0 Å². The number of nitrogens with zero attached hydrogens (tertiary/aromatic N) is 2. The van der Waals surface area contributed by atoms with E-state index in [2.05, 4.69) is 55.0 Å². The van der Waals surface area contributed by atoms with Crippen LogP contribution in [-0.2, 0) is 12.8 Å². The first-order valence-corrected chi connectivity index (χ1v) is 7.19. The van der Waals surface area contributed by atoms with Gasteiger partial charge in [0.05, 0.1) is 0 Å². The molecule has 0 saturated heterocycles. The summed E-state index contributed by atoms with van der Waals surface area (Å²) in [4.78, 5) is 9.34. The highest BCUT2D eigenvalue weighted by atomic mass is 14.9. The van der Waals surface area contributed by atoms with Crippen molar-refractivity contribution in [1.29, 1.82) is 0 Å². The summed E-state index contributed by atoms with van der Waals surface area (Å²) >= 11 is 0. The molecule has 3 nitrogen and oxygen atoms in total. The maximum absolute atomic E-state index is 5.58. The monoisotopic (exact) mass is 269 g/mol. The lowest BCUT2D eigenvalue weighted by molar-refractivity contribution is 0.791. The molecule has 2 N–H and O–H groups in total. The molecule has 0 bridgehead atoms. The van der Waals surface area contributed by atoms with Crippen molar-refractivity contribution in [2.45, 2.75) is 40.0 Å². The van der Waals surface area contributed by atoms with E-state index in [0.717, 1.165) is 36.5 Å². The summed E-state index contributed by atoms with van der Waals surface area (Å²) in [5, 5.41) is 0. The molecule has 2 aromatic rings. The van der Waals surface area contributed by atoms with Crippen LogP contribution < -0.4 is 5.73 Å². The number of aromatic nitrogens is 2. The maximum atomic E-state index is 5.58. The Morgan fingerprint density at radius 3 is 2.25 bits per heavy atom. The second kappa shape index (κ2) is 6.62. The topological polar surface area (TPSA) is 51.8 Å². The molecule has 0 fully saturated rings. The second-order valence-corrected chi connectivity index (χ2v) is 5.28. The molecule has 0 spiro atoms. The molecule has 20 heavy (non-hydrogen) atoms. The number of rotatable bonds is 5. The summed E-state index contributed by atoms with van der Waals surface area (Å²) in [6.45, 7) is 6.98. The van der Waals surface area contributed by atoms with Crippen LogP contribution in [0.3, 0.4) is 0 Å². The molecule has 1 aromatic carbocycles. The summed E-state index contributed by atoms with van der Waals surface area (Å²) in [5.74, 6) is 0.908. The smallest absolute Gasteiger partial charge is 0.133 e. The van der Waals surface area contributed by atoms with Gasteiger partial charge in [0.1, 0.15) is 5.82 Å². The quantitative estimate of drug-likeness (QED) is 0.908. The van der Waals surface area contributed by atoms with Crippen molar-refractivity contribution in [3.63, 3.8) is 0 Å². The Hall–Kier alpha value is -1.74. The lowest BCUT2D eigenvalue weighted by Crippen LogP contribution is -2.08. The molecule has 3 heteroatoms. The largest absolute Gasteiger partial charge is 0.330 e. The first-order valence-electron chi connectivity index (χ1n) is 7.19. The van der Waals surface area contributed by atoms with Gasteiger partial charge in [0, 0.05) is 17.8 Å². The Morgan fingerprint density at radius 2 is 1.65 bits per heavy atom. The Balaban J connectivity index is 2.24. The average molecular weight is 269 g/mol. The highest BCUT2D eigenvalue weighted by Crippen LogP contribution is 2.16. The second-order valence-electron chi connectivity index (χ2n) is 5.28. The Kier molecular flexibility index (Phi) is 4.85. The molecule has 0 radical (unpaired) electrons. The SMILES string of the molecule is Cc1ccccc1Cc1nc(C)c(CCCN)c(C)n1. The minimum atomic E-state index is 0.712. The van der Waals surface area contributed by atoms with Gasteiger partial charge in [0.25, 0.3) is 0 Å². The van der Waals surface area contributed by atoms with Crippen LogP contribution in [0.25, 0.3) is 0 Å². The number of nitrogens with two attached hydrogens (primary N) is 1. The van der Waals surface area contributed by atoms with Crippen LogP contribution >= 0.6 is 0 Å². The zero-order valence-electron chi connectivity index (χ0n) is 12.6. The van der Waals surface area contributed by atoms with Crippen molar-refractivity contribution in [2.24, 2.45) is 5.73 Å². The van der Waals surface area contributed by atoms with Gasteiger partial charge in [-0.15, -0.1) is 0 Å². The van der Waals surface area contributed by atoms with Gasteiger partial charge in [-0.05, 0) is 56.8 Å². The van der Waals surface area contributed by atoms with Gasteiger partial charge in [-0.1, -0.05) is 24.3 Å². The third kappa shape index (κ3) is 3.42. The van der Waals surface area contributed by atoms with E-state index in [1.165, 1.54) is 16.7 Å². The molecular formula is C17H23N3. The fourth-order valence-electron chi connectivity index (χ4n) is 2.51. The van der Waals surface area contributed by atoms with Crippen LogP contribution in [0.2, 0.25) is 0 Å². The van der Waals surface area contributed by atoms with Crippen LogP contribution in [0.4, 0.5) is 0 Å². The lowest BCUT2D eigenvalue weighted by Gasteiger charge is -2.11. The van der Waals surface area contributed by atoms with Gasteiger partial charge < -0.3 is 5.73 Å². The van der Waals surface area contributed by atoms with Crippen LogP contribution in [0.1, 0.15) is 40.3 Å². The Labute approximate surface area is 121 Å². The Morgan fingerprint density at radius 1 is 1.00 bits per heavy atom. The molecular weight excluding hydrogens is 246 g/mol. The van der Waals surface area contributed by atoms with E-state index < -0.39 is 0 Å². The summed E-state index contributed by atoms with van der Waals surface area (Å²) in [6, 6.07) is 8.40. The fourth-order valence-corrected chi connectivity index (χ4v) is 2.51. The van der Waals surface area contributed by atoms with Gasteiger partial charge in [0.2, 0.25) is 0 Å². The molecule has 1 aromatic heterocycles. The maximum Gasteiger partial charge on any atom is 0.133 e. The molecule has 0 unspecified atom stereocenters. The van der Waals surface area contributed by atoms with Crippen molar-refractivity contribution < 1.29 is 0 Å². The predicted octanol–water partition coefficient (Wildman–Crippen LogP) is 2.88.